The molecule has 2 aromatic heterocycles. The average molecular weight is 275 g/mol. The molecule has 0 saturated carbocycles. The third kappa shape index (κ3) is 2.90. The molecule has 0 radical (unpaired) electrons. The van der Waals surface area contributed by atoms with E-state index >= 15 is 0 Å². The molecule has 1 N–H and O–H groups in total. The van der Waals surface area contributed by atoms with Crippen LogP contribution in [0.25, 0.3) is 0 Å². The normalized spacial score (nSPS) is 17.9. The zero-order chi connectivity index (χ0) is 13.9. The fourth-order valence-corrected chi connectivity index (χ4v) is 2.66. The zero-order valence-corrected chi connectivity index (χ0v) is 12.0. The van der Waals surface area contributed by atoms with E-state index in [-0.39, 0.29) is 0 Å². The third-order valence-electron chi connectivity index (χ3n) is 3.89. The lowest BCUT2D eigenvalue weighted by molar-refractivity contribution is 0.196. The second-order valence-electron chi connectivity index (χ2n) is 5.77. The van der Waals surface area contributed by atoms with E-state index in [1.54, 1.807) is 0 Å². The number of piperidine rings is 1. The molecule has 6 heteroatoms. The molecule has 20 heavy (non-hydrogen) atoms. The van der Waals surface area contributed by atoms with Gasteiger partial charge in [-0.1, -0.05) is 19.0 Å². The summed E-state index contributed by atoms with van der Waals surface area (Å²) in [5.74, 6) is 2.42. The van der Waals surface area contributed by atoms with E-state index in [1.165, 1.54) is 5.69 Å². The Bertz CT molecular complexity index is 526. The number of aromatic amines is 1. The molecule has 1 saturated heterocycles. The SMILES string of the molecule is CC(C)c1nc(CN2CCC(c3ccn[nH]3)CC2)no1. The van der Waals surface area contributed by atoms with Crippen LogP contribution >= 0.6 is 0 Å². The number of H-pyrrole nitrogens is 1. The lowest BCUT2D eigenvalue weighted by atomic mass is 9.94. The first kappa shape index (κ1) is 13.3. The summed E-state index contributed by atoms with van der Waals surface area (Å²) in [6.07, 6.45) is 4.13. The molecule has 0 amide bonds. The summed E-state index contributed by atoms with van der Waals surface area (Å²) in [6, 6.07) is 2.08. The highest BCUT2D eigenvalue weighted by atomic mass is 16.5. The van der Waals surface area contributed by atoms with E-state index in [2.05, 4.69) is 45.2 Å². The van der Waals surface area contributed by atoms with Crippen LogP contribution < -0.4 is 0 Å². The van der Waals surface area contributed by atoms with E-state index in [0.717, 1.165) is 44.2 Å². The van der Waals surface area contributed by atoms with Crippen molar-refractivity contribution in [2.45, 2.75) is 45.1 Å². The largest absolute Gasteiger partial charge is 0.339 e. The summed E-state index contributed by atoms with van der Waals surface area (Å²) < 4.78 is 5.25. The molecule has 0 bridgehead atoms. The minimum Gasteiger partial charge on any atom is -0.339 e. The molecule has 0 spiro atoms. The van der Waals surface area contributed by atoms with E-state index in [9.17, 15) is 0 Å². The van der Waals surface area contributed by atoms with Gasteiger partial charge in [-0.2, -0.15) is 10.1 Å². The molecule has 3 heterocycles. The first-order valence-corrected chi connectivity index (χ1v) is 7.26. The monoisotopic (exact) mass is 275 g/mol. The Morgan fingerprint density at radius 3 is 2.80 bits per heavy atom. The highest BCUT2D eigenvalue weighted by Gasteiger charge is 2.22. The second kappa shape index (κ2) is 5.75. The van der Waals surface area contributed by atoms with E-state index in [1.807, 2.05) is 6.20 Å². The number of rotatable bonds is 4. The lowest BCUT2D eigenvalue weighted by Crippen LogP contribution is -2.32. The molecule has 0 aromatic carbocycles. The summed E-state index contributed by atoms with van der Waals surface area (Å²) in [6.45, 7) is 7.04. The Kier molecular flexibility index (Phi) is 3.82. The summed E-state index contributed by atoms with van der Waals surface area (Å²) in [4.78, 5) is 6.83. The van der Waals surface area contributed by atoms with Crippen molar-refractivity contribution < 1.29 is 4.52 Å². The molecule has 1 fully saturated rings. The van der Waals surface area contributed by atoms with Gasteiger partial charge in [-0.05, 0) is 32.0 Å². The maximum atomic E-state index is 5.25. The van der Waals surface area contributed by atoms with Crippen molar-refractivity contribution in [1.29, 1.82) is 0 Å². The van der Waals surface area contributed by atoms with Crippen LogP contribution in [0.5, 0.6) is 0 Å². The van der Waals surface area contributed by atoms with Crippen LogP contribution in [0.3, 0.4) is 0 Å². The quantitative estimate of drug-likeness (QED) is 0.927. The van der Waals surface area contributed by atoms with Crippen molar-refractivity contribution in [3.8, 4) is 0 Å². The average Bonchev–Trinajstić information content (AvgIpc) is 3.10. The molecule has 0 atom stereocenters. The fraction of sp³-hybridized carbons (Fsp3) is 0.643. The first-order valence-electron chi connectivity index (χ1n) is 7.26. The van der Waals surface area contributed by atoms with E-state index in [4.69, 9.17) is 4.52 Å². The molecule has 0 aliphatic carbocycles. The maximum Gasteiger partial charge on any atom is 0.229 e. The topological polar surface area (TPSA) is 70.8 Å². The summed E-state index contributed by atoms with van der Waals surface area (Å²) in [5, 5.41) is 11.2. The second-order valence-corrected chi connectivity index (χ2v) is 5.77. The van der Waals surface area contributed by atoms with Gasteiger partial charge in [-0.15, -0.1) is 0 Å². The molecule has 108 valence electrons. The minimum absolute atomic E-state index is 0.294. The molecule has 2 aromatic rings. The Labute approximate surface area is 118 Å². The number of nitrogens with zero attached hydrogens (tertiary/aromatic N) is 4. The Morgan fingerprint density at radius 1 is 1.40 bits per heavy atom. The molecular formula is C14H21N5O. The van der Waals surface area contributed by atoms with Crippen molar-refractivity contribution in [3.05, 3.63) is 29.7 Å². The van der Waals surface area contributed by atoms with Gasteiger partial charge in [0.15, 0.2) is 5.82 Å². The van der Waals surface area contributed by atoms with Crippen molar-refractivity contribution in [2.24, 2.45) is 0 Å². The van der Waals surface area contributed by atoms with Gasteiger partial charge in [0.25, 0.3) is 0 Å². The van der Waals surface area contributed by atoms with Crippen LogP contribution in [0.15, 0.2) is 16.8 Å². The van der Waals surface area contributed by atoms with Gasteiger partial charge in [0, 0.05) is 23.7 Å². The first-order chi connectivity index (χ1) is 9.72. The van der Waals surface area contributed by atoms with Crippen LogP contribution in [0, 0.1) is 0 Å². The van der Waals surface area contributed by atoms with Crippen molar-refractivity contribution in [1.82, 2.24) is 25.2 Å². The van der Waals surface area contributed by atoms with Crippen molar-refractivity contribution in [2.75, 3.05) is 13.1 Å². The van der Waals surface area contributed by atoms with Gasteiger partial charge < -0.3 is 4.52 Å². The van der Waals surface area contributed by atoms with Crippen LogP contribution in [-0.2, 0) is 6.54 Å². The molecule has 6 nitrogen and oxygen atoms in total. The van der Waals surface area contributed by atoms with Gasteiger partial charge in [0.2, 0.25) is 5.89 Å². The lowest BCUT2D eigenvalue weighted by Gasteiger charge is -2.30. The molecule has 0 unspecified atom stereocenters. The molecule has 3 rings (SSSR count). The summed E-state index contributed by atoms with van der Waals surface area (Å²) in [5.41, 5.74) is 1.26. The van der Waals surface area contributed by atoms with E-state index < -0.39 is 0 Å². The van der Waals surface area contributed by atoms with Crippen molar-refractivity contribution >= 4 is 0 Å². The number of likely N-dealkylation sites (tertiary alicyclic amines) is 1. The standard InChI is InChI=1S/C14H21N5O/c1-10(2)14-16-13(18-20-14)9-19-7-4-11(5-8-19)12-3-6-15-17-12/h3,6,10-11H,4-5,7-9H2,1-2H3,(H,15,17). The summed E-state index contributed by atoms with van der Waals surface area (Å²) in [7, 11) is 0. The van der Waals surface area contributed by atoms with Crippen LogP contribution in [0.1, 0.15) is 55.9 Å². The predicted molar refractivity (Wildman–Crippen MR) is 74.2 cm³/mol. The number of hydrogen-bond donors (Lipinski definition) is 1. The highest BCUT2D eigenvalue weighted by molar-refractivity contribution is 5.07. The Hall–Kier alpha value is -1.69. The zero-order valence-electron chi connectivity index (χ0n) is 12.0. The van der Waals surface area contributed by atoms with Gasteiger partial charge in [-0.25, -0.2) is 0 Å². The molecular weight excluding hydrogens is 254 g/mol. The fourth-order valence-electron chi connectivity index (χ4n) is 2.66. The Morgan fingerprint density at radius 2 is 2.20 bits per heavy atom. The molecule has 1 aliphatic rings. The maximum absolute atomic E-state index is 5.25. The van der Waals surface area contributed by atoms with Gasteiger partial charge in [0.1, 0.15) is 0 Å². The number of aromatic nitrogens is 4. The minimum atomic E-state index is 0.294. The van der Waals surface area contributed by atoms with Crippen molar-refractivity contribution in [3.63, 3.8) is 0 Å². The van der Waals surface area contributed by atoms with Gasteiger partial charge in [-0.3, -0.25) is 10.00 Å². The predicted octanol–water partition coefficient (Wildman–Crippen LogP) is 2.30. The van der Waals surface area contributed by atoms with Crippen LogP contribution in [0.2, 0.25) is 0 Å². The third-order valence-corrected chi connectivity index (χ3v) is 3.89. The Balaban J connectivity index is 1.53. The highest BCUT2D eigenvalue weighted by Crippen LogP contribution is 2.26. The number of nitrogens with one attached hydrogen (secondary N) is 1. The number of hydrogen-bond acceptors (Lipinski definition) is 5. The van der Waals surface area contributed by atoms with Crippen LogP contribution in [0.4, 0.5) is 0 Å². The van der Waals surface area contributed by atoms with Gasteiger partial charge in [0.05, 0.1) is 6.54 Å². The van der Waals surface area contributed by atoms with Gasteiger partial charge >= 0.3 is 0 Å². The van der Waals surface area contributed by atoms with Crippen LogP contribution in [-0.4, -0.2) is 38.3 Å². The smallest absolute Gasteiger partial charge is 0.229 e. The van der Waals surface area contributed by atoms with E-state index in [0.29, 0.717) is 11.8 Å². The summed E-state index contributed by atoms with van der Waals surface area (Å²) >= 11 is 0. The molecule has 1 aliphatic heterocycles.